The second-order valence-corrected chi connectivity index (χ2v) is 4.14. The average Bonchev–Trinajstić information content (AvgIpc) is 2.32. The Kier molecular flexibility index (Phi) is 4.43. The van der Waals surface area contributed by atoms with E-state index in [9.17, 15) is 4.39 Å². The van der Waals surface area contributed by atoms with Crippen LogP contribution in [-0.4, -0.2) is 0 Å². The molecule has 0 radical (unpaired) electrons. The maximum Gasteiger partial charge on any atom is 0.163 e. The number of rotatable bonds is 2. The first kappa shape index (κ1) is 13.7. The number of hydrogen-bond acceptors (Lipinski definition) is 4. The van der Waals surface area contributed by atoms with Crippen molar-refractivity contribution in [3.8, 4) is 18.2 Å². The molecule has 0 unspecified atom stereocenters. The molecule has 88 valence electrons. The van der Waals surface area contributed by atoms with Crippen molar-refractivity contribution < 1.29 is 4.39 Å². The summed E-state index contributed by atoms with van der Waals surface area (Å²) >= 11 is 3.15. The van der Waals surface area contributed by atoms with Gasteiger partial charge < -0.3 is 5.32 Å². The van der Waals surface area contributed by atoms with Crippen molar-refractivity contribution in [2.24, 2.45) is 0 Å². The molecule has 6 heteroatoms. The van der Waals surface area contributed by atoms with Crippen molar-refractivity contribution in [1.82, 2.24) is 0 Å². The minimum absolute atomic E-state index is 0.171. The summed E-state index contributed by atoms with van der Waals surface area (Å²) in [5, 5.41) is 28.9. The van der Waals surface area contributed by atoms with E-state index < -0.39 is 5.82 Å². The molecule has 0 atom stereocenters. The zero-order chi connectivity index (χ0) is 13.7. The predicted molar refractivity (Wildman–Crippen MR) is 66.3 cm³/mol. The summed E-state index contributed by atoms with van der Waals surface area (Å²) in [7, 11) is 0. The van der Waals surface area contributed by atoms with Crippen molar-refractivity contribution in [3.63, 3.8) is 0 Å². The van der Waals surface area contributed by atoms with Crippen LogP contribution in [0.3, 0.4) is 0 Å². The second-order valence-electron chi connectivity index (χ2n) is 3.29. The number of nitrogens with one attached hydrogen (secondary N) is 1. The van der Waals surface area contributed by atoms with E-state index in [1.807, 2.05) is 0 Å². The summed E-state index contributed by atoms with van der Waals surface area (Å²) in [5.41, 5.74) is 0.490. The minimum Gasteiger partial charge on any atom is -0.344 e. The van der Waals surface area contributed by atoms with Crippen LogP contribution in [0.5, 0.6) is 0 Å². The zero-order valence-electron chi connectivity index (χ0n) is 9.25. The number of benzene rings is 1. The van der Waals surface area contributed by atoms with Crippen LogP contribution in [0.4, 0.5) is 10.1 Å². The molecule has 4 nitrogen and oxygen atoms in total. The van der Waals surface area contributed by atoms with Gasteiger partial charge in [-0.15, -0.1) is 0 Å². The fraction of sp³-hybridized carbons (Fsp3) is 0.0833. The summed E-state index contributed by atoms with van der Waals surface area (Å²) in [6.45, 7) is 1.64. The number of hydrogen-bond donors (Lipinski definition) is 1. The van der Waals surface area contributed by atoms with E-state index in [0.29, 0.717) is 15.7 Å². The van der Waals surface area contributed by atoms with E-state index in [4.69, 9.17) is 15.8 Å². The molecule has 0 amide bonds. The number of anilines is 1. The quantitative estimate of drug-likeness (QED) is 0.851. The van der Waals surface area contributed by atoms with Gasteiger partial charge >= 0.3 is 0 Å². The Bertz CT molecular complexity index is 605. The molecule has 0 saturated carbocycles. The molecule has 0 bridgehead atoms. The monoisotopic (exact) mass is 304 g/mol. The average molecular weight is 305 g/mol. The van der Waals surface area contributed by atoms with E-state index in [-0.39, 0.29) is 11.3 Å². The van der Waals surface area contributed by atoms with Crippen LogP contribution < -0.4 is 5.32 Å². The highest BCUT2D eigenvalue weighted by Gasteiger charge is 2.11. The van der Waals surface area contributed by atoms with Crippen LogP contribution in [-0.2, 0) is 0 Å². The molecule has 0 aliphatic carbocycles. The van der Waals surface area contributed by atoms with Crippen LogP contribution in [0, 0.1) is 46.7 Å². The summed E-state index contributed by atoms with van der Waals surface area (Å²) in [4.78, 5) is 0. The highest BCUT2D eigenvalue weighted by Crippen LogP contribution is 2.28. The first-order valence-corrected chi connectivity index (χ1v) is 5.50. The van der Waals surface area contributed by atoms with Gasteiger partial charge in [-0.1, -0.05) is 0 Å². The maximum atomic E-state index is 13.1. The molecule has 1 N–H and O–H groups in total. The van der Waals surface area contributed by atoms with Crippen molar-refractivity contribution in [2.75, 3.05) is 5.32 Å². The molecule has 0 aliphatic heterocycles. The molecule has 0 saturated heterocycles. The lowest BCUT2D eigenvalue weighted by atomic mass is 10.1. The first-order valence-electron chi connectivity index (χ1n) is 4.70. The Morgan fingerprint density at radius 2 is 1.83 bits per heavy atom. The van der Waals surface area contributed by atoms with Gasteiger partial charge in [0.25, 0.3) is 0 Å². The smallest absolute Gasteiger partial charge is 0.163 e. The fourth-order valence-corrected chi connectivity index (χ4v) is 1.90. The number of nitrogens with zero attached hydrogens (tertiary/aromatic N) is 3. The van der Waals surface area contributed by atoms with Gasteiger partial charge in [-0.3, -0.25) is 0 Å². The Morgan fingerprint density at radius 3 is 2.28 bits per heavy atom. The summed E-state index contributed by atoms with van der Waals surface area (Å²) in [6, 6.07) is 7.47. The first-order chi connectivity index (χ1) is 8.53. The fourth-order valence-electron chi connectivity index (χ4n) is 1.27. The van der Waals surface area contributed by atoms with E-state index in [0.717, 1.165) is 0 Å². The van der Waals surface area contributed by atoms with Gasteiger partial charge in [-0.25, -0.2) is 4.39 Å². The highest BCUT2D eigenvalue weighted by molar-refractivity contribution is 9.10. The molecule has 0 fully saturated rings. The van der Waals surface area contributed by atoms with E-state index in [1.165, 1.54) is 12.1 Å². The maximum absolute atomic E-state index is 13.1. The Balaban J connectivity index is 3.30. The van der Waals surface area contributed by atoms with Crippen LogP contribution in [0.2, 0.25) is 0 Å². The molecule has 1 aromatic rings. The molecule has 0 aliphatic rings. The molecule has 0 aromatic heterocycles. The van der Waals surface area contributed by atoms with Gasteiger partial charge in [0.1, 0.15) is 29.7 Å². The highest BCUT2D eigenvalue weighted by atomic mass is 79.9. The molecule has 0 spiro atoms. The van der Waals surface area contributed by atoms with Gasteiger partial charge in [0.05, 0.1) is 5.69 Å². The van der Waals surface area contributed by atoms with Gasteiger partial charge in [-0.2, -0.15) is 15.8 Å². The Hall–Kier alpha value is -2.36. The third kappa shape index (κ3) is 2.85. The van der Waals surface area contributed by atoms with Gasteiger partial charge in [0.15, 0.2) is 5.57 Å². The number of allylic oxidation sites excluding steroid dienone is 2. The minimum atomic E-state index is -0.423. The molecule has 0 heterocycles. The third-order valence-corrected chi connectivity index (χ3v) is 2.71. The van der Waals surface area contributed by atoms with Crippen molar-refractivity contribution in [2.45, 2.75) is 6.92 Å². The largest absolute Gasteiger partial charge is 0.344 e. The second kappa shape index (κ2) is 5.82. The molecule has 1 rings (SSSR count). The number of aryl methyl sites for hydroxylation is 1. The van der Waals surface area contributed by atoms with Gasteiger partial charge in [-0.05, 0) is 40.5 Å². The number of nitriles is 3. The van der Waals surface area contributed by atoms with Gasteiger partial charge in [0, 0.05) is 4.47 Å². The lowest BCUT2D eigenvalue weighted by Gasteiger charge is -2.10. The van der Waals surface area contributed by atoms with Crippen LogP contribution >= 0.6 is 15.9 Å². The third-order valence-electron chi connectivity index (χ3n) is 2.09. The molecular weight excluding hydrogens is 299 g/mol. The van der Waals surface area contributed by atoms with Crippen LogP contribution in [0.25, 0.3) is 0 Å². The lowest BCUT2D eigenvalue weighted by Crippen LogP contribution is -2.03. The Morgan fingerprint density at radius 1 is 1.22 bits per heavy atom. The number of halogens is 2. The SMILES string of the molecule is Cc1cc(F)cc(Br)c1NC(C#N)=C(C#N)C#N. The van der Waals surface area contributed by atoms with Crippen LogP contribution in [0.1, 0.15) is 5.56 Å². The summed E-state index contributed by atoms with van der Waals surface area (Å²) < 4.78 is 13.5. The molecule has 18 heavy (non-hydrogen) atoms. The summed E-state index contributed by atoms with van der Waals surface area (Å²) in [5.74, 6) is -0.423. The molecule has 1 aromatic carbocycles. The standard InChI is InChI=1S/C12H6BrFN4/c1-7-2-9(14)3-10(13)12(7)18-11(6-17)8(4-15)5-16/h2-3,18H,1H3. The topological polar surface area (TPSA) is 83.4 Å². The molecular formula is C12H6BrFN4. The van der Waals surface area contributed by atoms with Crippen molar-refractivity contribution in [1.29, 1.82) is 15.8 Å². The van der Waals surface area contributed by atoms with Crippen molar-refractivity contribution in [3.05, 3.63) is 39.3 Å². The van der Waals surface area contributed by atoms with E-state index >= 15 is 0 Å². The van der Waals surface area contributed by atoms with E-state index in [2.05, 4.69) is 21.2 Å². The summed E-state index contributed by atoms with van der Waals surface area (Å²) in [6.07, 6.45) is 0. The Labute approximate surface area is 112 Å². The zero-order valence-corrected chi connectivity index (χ0v) is 10.8. The van der Waals surface area contributed by atoms with Crippen molar-refractivity contribution >= 4 is 21.6 Å². The predicted octanol–water partition coefficient (Wildman–Crippen LogP) is 3.13. The van der Waals surface area contributed by atoms with Gasteiger partial charge in [0.2, 0.25) is 0 Å². The van der Waals surface area contributed by atoms with E-state index in [1.54, 1.807) is 25.1 Å². The normalized spacial score (nSPS) is 8.67. The lowest BCUT2D eigenvalue weighted by molar-refractivity contribution is 0.626. The van der Waals surface area contributed by atoms with Crippen LogP contribution in [0.15, 0.2) is 27.9 Å².